The molecule has 0 radical (unpaired) electrons. The van der Waals surface area contributed by atoms with Gasteiger partial charge in [-0.15, -0.1) is 5.73 Å². The number of rotatable bonds is 5. The van der Waals surface area contributed by atoms with Crippen LogP contribution < -0.4 is 0 Å². The van der Waals surface area contributed by atoms with Gasteiger partial charge >= 0.3 is 0 Å². The summed E-state index contributed by atoms with van der Waals surface area (Å²) in [5, 5.41) is 0. The first-order chi connectivity index (χ1) is 29.2. The first-order valence-corrected chi connectivity index (χ1v) is 23.2. The van der Waals surface area contributed by atoms with E-state index in [4.69, 9.17) is 0 Å². The molecule has 0 N–H and O–H groups in total. The molecule has 4 aliphatic carbocycles. The summed E-state index contributed by atoms with van der Waals surface area (Å²) in [5.41, 5.74) is 33.8. The van der Waals surface area contributed by atoms with Gasteiger partial charge in [0.2, 0.25) is 0 Å². The zero-order chi connectivity index (χ0) is 44.4. The smallest absolute Gasteiger partial charge is 0.165 e. The molecule has 4 aromatic carbocycles. The predicted octanol–water partition coefficient (Wildman–Crippen LogP) is 15.3. The minimum Gasteiger partial charge on any atom is -0.343 e. The van der Waals surface area contributed by atoms with Crippen LogP contribution in [0.1, 0.15) is 149 Å². The minimum atomic E-state index is -0.246. The van der Waals surface area contributed by atoms with E-state index >= 15 is 0 Å². The van der Waals surface area contributed by atoms with Gasteiger partial charge in [-0.25, -0.2) is 0 Å². The summed E-state index contributed by atoms with van der Waals surface area (Å²) < 4.78 is 2.62. The van der Waals surface area contributed by atoms with E-state index in [-0.39, 0.29) is 21.7 Å². The van der Waals surface area contributed by atoms with E-state index in [2.05, 4.69) is 211 Å². The van der Waals surface area contributed by atoms with Gasteiger partial charge in [0.25, 0.3) is 0 Å². The number of allylic oxidation sites excluding steroid dienone is 8. The van der Waals surface area contributed by atoms with Gasteiger partial charge in [0.1, 0.15) is 0 Å². The monoisotopic (exact) mass is 812 g/mol. The Hall–Kier alpha value is -5.30. The number of nitrogens with zero attached hydrogens (tertiary/aromatic N) is 1. The van der Waals surface area contributed by atoms with E-state index in [0.717, 1.165) is 20.1 Å². The van der Waals surface area contributed by atoms with Crippen molar-refractivity contribution in [3.63, 3.8) is 0 Å². The lowest BCUT2D eigenvalue weighted by molar-refractivity contribution is 0.482. The molecule has 0 unspecified atom stereocenters. The second kappa shape index (κ2) is 14.4. The maximum Gasteiger partial charge on any atom is 0.165 e. The van der Waals surface area contributed by atoms with Crippen molar-refractivity contribution in [3.8, 4) is 11.3 Å². The number of hydrogen-bond acceptors (Lipinski definition) is 0. The minimum absolute atomic E-state index is 0.0435. The molecule has 5 aromatic rings. The van der Waals surface area contributed by atoms with Crippen molar-refractivity contribution in [2.75, 3.05) is 0 Å². The predicted molar refractivity (Wildman–Crippen MR) is 269 cm³/mol. The van der Waals surface area contributed by atoms with Crippen LogP contribution in [0.3, 0.4) is 0 Å². The quantitative estimate of drug-likeness (QED) is 0.123. The molecule has 0 spiro atoms. The summed E-state index contributed by atoms with van der Waals surface area (Å²) in [4.78, 5) is 0. The lowest BCUT2D eigenvalue weighted by Crippen LogP contribution is -2.21. The highest BCUT2D eigenvalue weighted by Gasteiger charge is 2.46. The van der Waals surface area contributed by atoms with Gasteiger partial charge in [-0.3, -0.25) is 0 Å². The fourth-order valence-corrected chi connectivity index (χ4v) is 11.8. The number of hydrogen-bond donors (Lipinski definition) is 0. The molecule has 62 heavy (non-hydrogen) atoms. The van der Waals surface area contributed by atoms with E-state index in [1.54, 1.807) is 0 Å². The van der Waals surface area contributed by atoms with Crippen LogP contribution in [0.4, 0.5) is 0 Å². The van der Waals surface area contributed by atoms with Gasteiger partial charge in [-0.2, -0.15) is 0 Å². The fraction of sp³-hybridized carbons (Fsp3) is 0.350. The molecule has 9 rings (SSSR count). The second-order valence-electron chi connectivity index (χ2n) is 21.9. The first-order valence-electron chi connectivity index (χ1n) is 23.2. The molecule has 2 heteroatoms. The van der Waals surface area contributed by atoms with E-state index in [0.29, 0.717) is 0 Å². The molecular weight excluding hydrogens is 745 g/mol. The third-order valence-electron chi connectivity index (χ3n) is 14.9. The van der Waals surface area contributed by atoms with Crippen LogP contribution in [0.25, 0.3) is 33.5 Å². The molecule has 1 aromatic heterocycles. The topological polar surface area (TPSA) is 4.93 Å². The Bertz CT molecular complexity index is 2910. The lowest BCUT2D eigenvalue weighted by Gasteiger charge is -2.33. The summed E-state index contributed by atoms with van der Waals surface area (Å²) in [7, 11) is 3.23. The van der Waals surface area contributed by atoms with Crippen LogP contribution in [-0.2, 0) is 23.3 Å². The molecule has 0 aliphatic heterocycles. The third-order valence-corrected chi connectivity index (χ3v) is 14.9. The van der Waals surface area contributed by atoms with Crippen molar-refractivity contribution >= 4 is 29.6 Å². The van der Waals surface area contributed by atoms with Gasteiger partial charge < -0.3 is 4.57 Å². The standard InChI is InChI=1S/C60H66BN/c1-35-32-36(2)48(37(3)33-35)52(56-50(39-26-30-41(31-27-39)58(7,8)9)54-55(62(56)15)43-21-17-19-23-46(43)60(54,12)13)51-47(61-14)34-44-42-20-16-18-22-45(42)59(10,11)53(44)49(51)38-24-28-40(29-25-38)57(4,5)6/h16-26,28-30,32-33,61H,27,31H2,1-15H3/b52-51+. The molecule has 4 aliphatic rings. The number of aryl methyl sites for hydroxylation is 3. The average molecular weight is 812 g/mol. The first kappa shape index (κ1) is 42.0. The average Bonchev–Trinajstić information content (AvgIpc) is 3.74. The Labute approximate surface area is 374 Å². The van der Waals surface area contributed by atoms with Crippen LogP contribution in [0, 0.1) is 26.2 Å². The summed E-state index contributed by atoms with van der Waals surface area (Å²) in [6, 6.07) is 32.8. The molecule has 0 amide bonds. The van der Waals surface area contributed by atoms with Crippen LogP contribution in [0.2, 0.25) is 6.82 Å². The van der Waals surface area contributed by atoms with Crippen LogP contribution in [0.5, 0.6) is 0 Å². The highest BCUT2D eigenvalue weighted by atomic mass is 15.0. The van der Waals surface area contributed by atoms with Crippen molar-refractivity contribution in [3.05, 3.63) is 192 Å². The maximum atomic E-state index is 4.24. The number of aromatic nitrogens is 1. The van der Waals surface area contributed by atoms with Gasteiger partial charge in [0.05, 0.1) is 11.4 Å². The molecule has 0 atom stereocenters. The summed E-state index contributed by atoms with van der Waals surface area (Å²) in [6.07, 6.45) is 7.03. The van der Waals surface area contributed by atoms with Gasteiger partial charge in [-0.1, -0.05) is 184 Å². The Kier molecular flexibility index (Phi) is 9.74. The highest BCUT2D eigenvalue weighted by molar-refractivity contribution is 6.48. The van der Waals surface area contributed by atoms with Crippen molar-refractivity contribution in [1.82, 2.24) is 4.57 Å². The maximum absolute atomic E-state index is 4.24. The third kappa shape index (κ3) is 6.26. The molecule has 0 saturated carbocycles. The lowest BCUT2D eigenvalue weighted by atomic mass is 9.61. The zero-order valence-electron chi connectivity index (χ0n) is 40.3. The van der Waals surface area contributed by atoms with Crippen molar-refractivity contribution in [1.29, 1.82) is 0 Å². The fourth-order valence-electron chi connectivity index (χ4n) is 11.8. The Balaban J connectivity index is 1.53. The van der Waals surface area contributed by atoms with Crippen LogP contribution in [-0.4, -0.2) is 11.8 Å². The van der Waals surface area contributed by atoms with Gasteiger partial charge in [-0.05, 0) is 122 Å². The molecular formula is C60H66BN. The van der Waals surface area contributed by atoms with Crippen molar-refractivity contribution in [2.45, 2.75) is 126 Å². The molecule has 0 saturated heterocycles. The molecule has 1 nitrogen and oxygen atoms in total. The van der Waals surface area contributed by atoms with Crippen LogP contribution >= 0.6 is 0 Å². The van der Waals surface area contributed by atoms with Crippen molar-refractivity contribution in [2.24, 2.45) is 12.5 Å². The zero-order valence-corrected chi connectivity index (χ0v) is 40.3. The van der Waals surface area contributed by atoms with Gasteiger partial charge in [0.15, 0.2) is 7.28 Å². The molecule has 1 heterocycles. The summed E-state index contributed by atoms with van der Waals surface area (Å²) >= 11 is 0. The molecule has 0 fully saturated rings. The van der Waals surface area contributed by atoms with E-state index in [1.165, 1.54) is 123 Å². The number of benzene rings is 4. The Morgan fingerprint density at radius 3 is 1.87 bits per heavy atom. The normalized spacial score (nSPS) is 18.3. The van der Waals surface area contributed by atoms with E-state index < -0.39 is 0 Å². The Morgan fingerprint density at radius 1 is 0.710 bits per heavy atom. The van der Waals surface area contributed by atoms with Crippen molar-refractivity contribution < 1.29 is 0 Å². The van der Waals surface area contributed by atoms with E-state index in [9.17, 15) is 0 Å². The van der Waals surface area contributed by atoms with Gasteiger partial charge in [0, 0.05) is 40.2 Å². The van der Waals surface area contributed by atoms with E-state index in [1.807, 2.05) is 0 Å². The molecule has 314 valence electrons. The molecule has 0 bridgehead atoms. The summed E-state index contributed by atoms with van der Waals surface area (Å²) in [6.45, 7) is 33.2. The summed E-state index contributed by atoms with van der Waals surface area (Å²) in [5.74, 6) is 0. The Morgan fingerprint density at radius 2 is 1.31 bits per heavy atom. The highest BCUT2D eigenvalue weighted by Crippen LogP contribution is 2.60. The number of fused-ring (bicyclic) bond motifs is 6. The second-order valence-corrected chi connectivity index (χ2v) is 21.9. The SMILES string of the molecule is CBC1=C=C2C(=C(c3ccc(C(C)(C)C)cc3)/C1=C(\c1c(C)cc(C)cc1C)c1c(C3=CC=C(C(C)(C)C)CC3)c3c(n1C)-c1ccccc1C3(C)C)C(C)(C)c1ccccc12. The largest absolute Gasteiger partial charge is 0.343 e. The van der Waals surface area contributed by atoms with Crippen LogP contribution in [0.15, 0.2) is 125 Å².